The van der Waals surface area contributed by atoms with E-state index >= 15 is 0 Å². The van der Waals surface area contributed by atoms with Gasteiger partial charge in [0.15, 0.2) is 17.3 Å². The largest absolute Gasteiger partial charge is 0.493 e. The van der Waals surface area contributed by atoms with Gasteiger partial charge in [0, 0.05) is 11.8 Å². The smallest absolute Gasteiger partial charge is 0.163 e. The lowest BCUT2D eigenvalue weighted by Crippen LogP contribution is -1.96. The van der Waals surface area contributed by atoms with Crippen LogP contribution in [0.25, 0.3) is 16.8 Å². The average Bonchev–Trinajstić information content (AvgIpc) is 3.45. The highest BCUT2D eigenvalue weighted by Crippen LogP contribution is 2.40. The van der Waals surface area contributed by atoms with Crippen molar-refractivity contribution in [1.29, 1.82) is 0 Å². The predicted molar refractivity (Wildman–Crippen MR) is 119 cm³/mol. The average molecular weight is 420 g/mol. The quantitative estimate of drug-likeness (QED) is 0.405. The van der Waals surface area contributed by atoms with Crippen LogP contribution in [0.2, 0.25) is 0 Å². The molecule has 0 radical (unpaired) electrons. The molecule has 30 heavy (non-hydrogen) atoms. The summed E-state index contributed by atoms with van der Waals surface area (Å²) in [5.41, 5.74) is 3.80. The van der Waals surface area contributed by atoms with Crippen molar-refractivity contribution in [2.24, 2.45) is 4.99 Å². The van der Waals surface area contributed by atoms with Crippen LogP contribution in [0.15, 0.2) is 59.7 Å². The van der Waals surface area contributed by atoms with Crippen molar-refractivity contribution in [3.05, 3.63) is 65.3 Å². The van der Waals surface area contributed by atoms with E-state index in [1.807, 2.05) is 53.2 Å². The van der Waals surface area contributed by atoms with Gasteiger partial charge in [0.05, 0.1) is 36.7 Å². The molecule has 0 unspecified atom stereocenters. The van der Waals surface area contributed by atoms with Crippen molar-refractivity contribution in [3.8, 4) is 28.3 Å². The first-order chi connectivity index (χ1) is 14.7. The number of ether oxygens (including phenoxy) is 2. The van der Waals surface area contributed by atoms with Crippen molar-refractivity contribution in [2.45, 2.75) is 13.3 Å². The Kier molecular flexibility index (Phi) is 5.85. The van der Waals surface area contributed by atoms with Gasteiger partial charge in [-0.15, -0.1) is 5.10 Å². The number of aromatic nitrogens is 4. The molecule has 0 aliphatic heterocycles. The minimum atomic E-state index is 0.658. The first kappa shape index (κ1) is 19.8. The number of nitrogens with zero attached hydrogens (tertiary/aromatic N) is 5. The fourth-order valence-corrected chi connectivity index (χ4v) is 3.60. The topological polar surface area (TPSA) is 74.4 Å². The number of hydrogen-bond donors (Lipinski definition) is 0. The summed E-state index contributed by atoms with van der Waals surface area (Å²) in [6.45, 7) is 2.09. The second-order valence-corrected chi connectivity index (χ2v) is 7.21. The Morgan fingerprint density at radius 2 is 1.87 bits per heavy atom. The number of para-hydroxylation sites is 1. The second kappa shape index (κ2) is 8.87. The van der Waals surface area contributed by atoms with Crippen LogP contribution in [-0.2, 0) is 6.42 Å². The highest BCUT2D eigenvalue weighted by atomic mass is 32.1. The summed E-state index contributed by atoms with van der Waals surface area (Å²) in [5.74, 6) is 2.07. The molecular weight excluding hydrogens is 398 g/mol. The van der Waals surface area contributed by atoms with Crippen LogP contribution < -0.4 is 9.47 Å². The van der Waals surface area contributed by atoms with Crippen molar-refractivity contribution in [2.75, 3.05) is 14.2 Å². The summed E-state index contributed by atoms with van der Waals surface area (Å²) in [4.78, 5) is 5.67. The van der Waals surface area contributed by atoms with E-state index in [4.69, 9.17) is 19.6 Å². The van der Waals surface area contributed by atoms with E-state index in [1.54, 1.807) is 26.6 Å². The van der Waals surface area contributed by atoms with E-state index in [-0.39, 0.29) is 0 Å². The van der Waals surface area contributed by atoms with Gasteiger partial charge in [0.25, 0.3) is 0 Å². The third kappa shape index (κ3) is 3.81. The van der Waals surface area contributed by atoms with Gasteiger partial charge < -0.3 is 9.47 Å². The molecule has 0 amide bonds. The van der Waals surface area contributed by atoms with Crippen LogP contribution in [-0.4, -0.2) is 39.8 Å². The van der Waals surface area contributed by atoms with E-state index < -0.39 is 0 Å². The molecule has 0 saturated carbocycles. The Balaban J connectivity index is 1.94. The monoisotopic (exact) mass is 419 g/mol. The zero-order chi connectivity index (χ0) is 20.9. The van der Waals surface area contributed by atoms with Crippen molar-refractivity contribution < 1.29 is 9.47 Å². The number of benzene rings is 2. The van der Waals surface area contributed by atoms with Gasteiger partial charge in [0.2, 0.25) is 0 Å². The number of methoxy groups -OCH3 is 2. The fourth-order valence-electron chi connectivity index (χ4n) is 3.21. The zero-order valence-electron chi connectivity index (χ0n) is 16.9. The molecule has 0 aliphatic carbocycles. The first-order valence-corrected chi connectivity index (χ1v) is 10.2. The summed E-state index contributed by atoms with van der Waals surface area (Å²) in [6, 6.07) is 15.8. The van der Waals surface area contributed by atoms with Gasteiger partial charge in [-0.3, -0.25) is 0 Å². The van der Waals surface area contributed by atoms with E-state index in [2.05, 4.69) is 16.5 Å². The standard InChI is InChI=1S/C22H21N5O2S/c1-4-18-21(15-10-11-19(28-2)20(12-15)29-3)22(23-13-17-14-24-26-30-17)27(25-18)16-8-6-5-7-9-16/h5-14H,4H2,1-3H3/b23-13+. The molecule has 4 aromatic rings. The summed E-state index contributed by atoms with van der Waals surface area (Å²) in [6.07, 6.45) is 4.22. The van der Waals surface area contributed by atoms with Gasteiger partial charge in [-0.25, -0.2) is 9.67 Å². The Morgan fingerprint density at radius 3 is 2.53 bits per heavy atom. The van der Waals surface area contributed by atoms with Gasteiger partial charge in [0.1, 0.15) is 0 Å². The molecule has 0 saturated heterocycles. The zero-order valence-corrected chi connectivity index (χ0v) is 17.8. The number of hydrogen-bond acceptors (Lipinski definition) is 7. The maximum atomic E-state index is 5.52. The SMILES string of the molecule is CCc1nn(-c2ccccc2)c(/N=C/c2cnns2)c1-c1ccc(OC)c(OC)c1. The lowest BCUT2D eigenvalue weighted by Gasteiger charge is -2.10. The second-order valence-electron chi connectivity index (χ2n) is 6.39. The molecule has 4 rings (SSSR count). The summed E-state index contributed by atoms with van der Waals surface area (Å²) in [7, 11) is 3.26. The number of aryl methyl sites for hydroxylation is 1. The Bertz CT molecular complexity index is 1150. The molecule has 0 fully saturated rings. The molecule has 0 N–H and O–H groups in total. The van der Waals surface area contributed by atoms with Crippen LogP contribution >= 0.6 is 11.5 Å². The number of aliphatic imine (C=N–C) groups is 1. The molecule has 0 bridgehead atoms. The predicted octanol–water partition coefficient (Wildman–Crippen LogP) is 4.72. The third-order valence-electron chi connectivity index (χ3n) is 4.63. The van der Waals surface area contributed by atoms with Gasteiger partial charge in [-0.05, 0) is 47.8 Å². The normalized spacial score (nSPS) is 11.2. The Hall–Kier alpha value is -3.52. The van der Waals surface area contributed by atoms with E-state index in [1.165, 1.54) is 11.5 Å². The molecule has 2 aromatic heterocycles. The summed E-state index contributed by atoms with van der Waals surface area (Å²) < 4.78 is 16.7. The summed E-state index contributed by atoms with van der Waals surface area (Å²) >= 11 is 1.29. The van der Waals surface area contributed by atoms with Crippen LogP contribution in [0.5, 0.6) is 11.5 Å². The van der Waals surface area contributed by atoms with Crippen LogP contribution in [0.3, 0.4) is 0 Å². The maximum Gasteiger partial charge on any atom is 0.163 e. The first-order valence-electron chi connectivity index (χ1n) is 9.46. The van der Waals surface area contributed by atoms with Gasteiger partial charge >= 0.3 is 0 Å². The van der Waals surface area contributed by atoms with Crippen LogP contribution in [0.1, 0.15) is 17.5 Å². The molecular formula is C22H21N5O2S. The minimum Gasteiger partial charge on any atom is -0.493 e. The molecule has 0 spiro atoms. The highest BCUT2D eigenvalue weighted by molar-refractivity contribution is 7.07. The Labute approximate surface area is 178 Å². The molecule has 0 atom stereocenters. The molecule has 2 heterocycles. The summed E-state index contributed by atoms with van der Waals surface area (Å²) in [5, 5.41) is 8.76. The van der Waals surface area contributed by atoms with Crippen molar-refractivity contribution >= 4 is 23.6 Å². The maximum absolute atomic E-state index is 5.52. The molecule has 7 nitrogen and oxygen atoms in total. The van der Waals surface area contributed by atoms with E-state index in [0.29, 0.717) is 11.5 Å². The molecule has 152 valence electrons. The highest BCUT2D eigenvalue weighted by Gasteiger charge is 2.20. The number of rotatable bonds is 7. The van der Waals surface area contributed by atoms with Crippen LogP contribution in [0, 0.1) is 0 Å². The lowest BCUT2D eigenvalue weighted by atomic mass is 10.0. The Morgan fingerprint density at radius 1 is 1.07 bits per heavy atom. The fraction of sp³-hybridized carbons (Fsp3) is 0.182. The molecule has 2 aromatic carbocycles. The third-order valence-corrected chi connectivity index (χ3v) is 5.23. The lowest BCUT2D eigenvalue weighted by molar-refractivity contribution is 0.355. The van der Waals surface area contributed by atoms with Crippen molar-refractivity contribution in [1.82, 2.24) is 19.4 Å². The molecule has 0 aliphatic rings. The van der Waals surface area contributed by atoms with Crippen molar-refractivity contribution in [3.63, 3.8) is 0 Å². The van der Waals surface area contributed by atoms with Gasteiger partial charge in [-0.1, -0.05) is 35.7 Å². The molecule has 8 heteroatoms. The van der Waals surface area contributed by atoms with E-state index in [9.17, 15) is 0 Å². The van der Waals surface area contributed by atoms with Gasteiger partial charge in [-0.2, -0.15) is 5.10 Å². The van der Waals surface area contributed by atoms with E-state index in [0.717, 1.165) is 39.6 Å². The minimum absolute atomic E-state index is 0.658. The van der Waals surface area contributed by atoms with Crippen LogP contribution in [0.4, 0.5) is 5.82 Å².